The molecule has 0 spiro atoms. The molecule has 0 aromatic rings. The molecule has 0 radical (unpaired) electrons. The summed E-state index contributed by atoms with van der Waals surface area (Å²) in [6.07, 6.45) is 2.16. The van der Waals surface area contributed by atoms with E-state index in [1.165, 1.54) is 26.1 Å². The second-order valence-corrected chi connectivity index (χ2v) is 6.58. The van der Waals surface area contributed by atoms with Gasteiger partial charge in [-0.15, -0.1) is 0 Å². The molecule has 1 rings (SSSR count). The number of likely N-dealkylation sites (tertiary alicyclic amines) is 1. The lowest BCUT2D eigenvalue weighted by molar-refractivity contribution is 0.104. The predicted octanol–water partition coefficient (Wildman–Crippen LogP) is 1.96. The largest absolute Gasteiger partial charge is 0.396 e. The van der Waals surface area contributed by atoms with Crippen molar-refractivity contribution in [2.45, 2.75) is 46.6 Å². The second-order valence-electron chi connectivity index (χ2n) is 6.58. The van der Waals surface area contributed by atoms with Crippen LogP contribution in [0.4, 0.5) is 0 Å². The van der Waals surface area contributed by atoms with Gasteiger partial charge in [0.1, 0.15) is 0 Å². The first-order valence-electron chi connectivity index (χ1n) is 7.59. The van der Waals surface area contributed by atoms with Gasteiger partial charge >= 0.3 is 0 Å². The van der Waals surface area contributed by atoms with Crippen molar-refractivity contribution < 1.29 is 5.11 Å². The zero-order valence-electron chi connectivity index (χ0n) is 12.7. The first kappa shape index (κ1) is 15.9. The lowest BCUT2D eigenvalue weighted by atomic mass is 9.85. The Kier molecular flexibility index (Phi) is 7.20. The van der Waals surface area contributed by atoms with Gasteiger partial charge in [-0.1, -0.05) is 27.7 Å². The predicted molar refractivity (Wildman–Crippen MR) is 77.7 cm³/mol. The maximum Gasteiger partial charge on any atom is 0.0443 e. The molecule has 3 heteroatoms. The molecule has 0 aromatic carbocycles. The van der Waals surface area contributed by atoms with Gasteiger partial charge in [0.05, 0.1) is 0 Å². The molecule has 2 unspecified atom stereocenters. The van der Waals surface area contributed by atoms with Gasteiger partial charge in [-0.05, 0) is 37.1 Å². The summed E-state index contributed by atoms with van der Waals surface area (Å²) in [6.45, 7) is 14.2. The van der Waals surface area contributed by atoms with E-state index in [4.69, 9.17) is 5.11 Å². The van der Waals surface area contributed by atoms with Gasteiger partial charge in [0.25, 0.3) is 0 Å². The lowest BCUT2D eigenvalue weighted by Crippen LogP contribution is -2.51. The molecule has 0 aromatic heterocycles. The maximum atomic E-state index is 8.86. The molecule has 1 aliphatic rings. The van der Waals surface area contributed by atoms with Gasteiger partial charge in [0.2, 0.25) is 0 Å². The summed E-state index contributed by atoms with van der Waals surface area (Å²) in [5.74, 6) is 2.32. The maximum absolute atomic E-state index is 8.86. The van der Waals surface area contributed by atoms with E-state index in [1.807, 2.05) is 0 Å². The Morgan fingerprint density at radius 3 is 2.50 bits per heavy atom. The lowest BCUT2D eigenvalue weighted by Gasteiger charge is -2.40. The molecule has 1 aliphatic heterocycles. The van der Waals surface area contributed by atoms with Crippen molar-refractivity contribution in [2.75, 3.05) is 32.8 Å². The van der Waals surface area contributed by atoms with E-state index in [0.717, 1.165) is 30.7 Å². The number of nitrogens with zero attached hydrogens (tertiary/aromatic N) is 1. The second kappa shape index (κ2) is 8.13. The number of aliphatic hydroxyl groups excluding tert-OH is 1. The van der Waals surface area contributed by atoms with Crippen molar-refractivity contribution in [3.63, 3.8) is 0 Å². The first-order chi connectivity index (χ1) is 8.52. The molecular weight excluding hydrogens is 224 g/mol. The summed E-state index contributed by atoms with van der Waals surface area (Å²) in [6, 6.07) is 0.608. The Bertz CT molecular complexity index is 219. The van der Waals surface area contributed by atoms with E-state index < -0.39 is 0 Å². The zero-order chi connectivity index (χ0) is 13.5. The van der Waals surface area contributed by atoms with Gasteiger partial charge in [0.15, 0.2) is 0 Å². The Morgan fingerprint density at radius 2 is 1.94 bits per heavy atom. The van der Waals surface area contributed by atoms with Gasteiger partial charge in [-0.3, -0.25) is 0 Å². The third kappa shape index (κ3) is 5.68. The summed E-state index contributed by atoms with van der Waals surface area (Å²) in [5.41, 5.74) is 0. The first-order valence-corrected chi connectivity index (χ1v) is 7.59. The van der Waals surface area contributed by atoms with E-state index in [0.29, 0.717) is 12.6 Å². The van der Waals surface area contributed by atoms with Crippen LogP contribution < -0.4 is 5.32 Å². The molecule has 108 valence electrons. The van der Waals surface area contributed by atoms with Crippen LogP contribution in [0.2, 0.25) is 0 Å². The molecule has 0 saturated carbocycles. The van der Waals surface area contributed by atoms with E-state index in [9.17, 15) is 0 Å². The summed E-state index contributed by atoms with van der Waals surface area (Å²) in [4.78, 5) is 2.62. The van der Waals surface area contributed by atoms with Crippen LogP contribution >= 0.6 is 0 Å². The monoisotopic (exact) mass is 256 g/mol. The van der Waals surface area contributed by atoms with Crippen LogP contribution in [0.3, 0.4) is 0 Å². The van der Waals surface area contributed by atoms with Crippen molar-refractivity contribution in [1.29, 1.82) is 0 Å². The Labute approximate surface area is 113 Å². The molecule has 0 amide bonds. The van der Waals surface area contributed by atoms with Crippen LogP contribution in [0.15, 0.2) is 0 Å². The van der Waals surface area contributed by atoms with Gasteiger partial charge in [-0.25, -0.2) is 0 Å². The quantitative estimate of drug-likeness (QED) is 0.684. The van der Waals surface area contributed by atoms with Crippen molar-refractivity contribution in [2.24, 2.45) is 17.8 Å². The summed E-state index contributed by atoms with van der Waals surface area (Å²) >= 11 is 0. The summed E-state index contributed by atoms with van der Waals surface area (Å²) in [5, 5.41) is 12.5. The fourth-order valence-corrected chi connectivity index (χ4v) is 2.91. The number of aliphatic hydroxyl groups is 1. The molecule has 0 bridgehead atoms. The number of nitrogens with one attached hydrogen (secondary N) is 1. The molecule has 1 fully saturated rings. The normalized spacial score (nSPS) is 26.2. The minimum Gasteiger partial charge on any atom is -0.396 e. The van der Waals surface area contributed by atoms with Crippen molar-refractivity contribution in [1.82, 2.24) is 10.2 Å². The fourth-order valence-electron chi connectivity index (χ4n) is 2.91. The Hall–Kier alpha value is -0.120. The third-order valence-electron chi connectivity index (χ3n) is 3.89. The molecule has 18 heavy (non-hydrogen) atoms. The molecule has 1 saturated heterocycles. The van der Waals surface area contributed by atoms with Crippen LogP contribution in [0.1, 0.15) is 40.5 Å². The molecule has 1 heterocycles. The highest BCUT2D eigenvalue weighted by atomic mass is 16.3. The Morgan fingerprint density at radius 1 is 1.22 bits per heavy atom. The minimum atomic E-state index is 0.295. The van der Waals surface area contributed by atoms with Gasteiger partial charge < -0.3 is 15.3 Å². The fraction of sp³-hybridized carbons (Fsp3) is 1.00. The van der Waals surface area contributed by atoms with Crippen molar-refractivity contribution in [3.05, 3.63) is 0 Å². The highest BCUT2D eigenvalue weighted by Gasteiger charge is 2.28. The highest BCUT2D eigenvalue weighted by Crippen LogP contribution is 2.24. The molecule has 2 N–H and O–H groups in total. The number of piperidine rings is 1. The van der Waals surface area contributed by atoms with Crippen LogP contribution in [-0.4, -0.2) is 48.8 Å². The average molecular weight is 256 g/mol. The summed E-state index contributed by atoms with van der Waals surface area (Å²) < 4.78 is 0. The zero-order valence-corrected chi connectivity index (χ0v) is 12.7. The average Bonchev–Trinajstić information content (AvgIpc) is 2.28. The SMILES string of the molecule is CC(C)CN1CC(NCCCO)CC(C(C)C)C1. The molecule has 0 aliphatic carbocycles. The minimum absolute atomic E-state index is 0.295. The summed E-state index contributed by atoms with van der Waals surface area (Å²) in [7, 11) is 0. The van der Waals surface area contributed by atoms with E-state index in [2.05, 4.69) is 37.9 Å². The highest BCUT2D eigenvalue weighted by molar-refractivity contribution is 4.85. The standard InChI is InChI=1S/C15H32N2O/c1-12(2)9-17-10-14(13(3)4)8-15(11-17)16-6-5-7-18/h12-16,18H,5-11H2,1-4H3. The number of hydrogen-bond acceptors (Lipinski definition) is 3. The number of hydrogen-bond donors (Lipinski definition) is 2. The molecule has 2 atom stereocenters. The van der Waals surface area contributed by atoms with Crippen molar-refractivity contribution >= 4 is 0 Å². The van der Waals surface area contributed by atoms with Crippen LogP contribution in [0.25, 0.3) is 0 Å². The van der Waals surface area contributed by atoms with Gasteiger partial charge in [-0.2, -0.15) is 0 Å². The smallest absolute Gasteiger partial charge is 0.0443 e. The van der Waals surface area contributed by atoms with E-state index >= 15 is 0 Å². The van der Waals surface area contributed by atoms with E-state index in [1.54, 1.807) is 0 Å². The molecular formula is C15H32N2O. The van der Waals surface area contributed by atoms with Crippen LogP contribution in [0, 0.1) is 17.8 Å². The third-order valence-corrected chi connectivity index (χ3v) is 3.89. The van der Waals surface area contributed by atoms with Gasteiger partial charge in [0, 0.05) is 32.3 Å². The van der Waals surface area contributed by atoms with Crippen LogP contribution in [-0.2, 0) is 0 Å². The van der Waals surface area contributed by atoms with Crippen LogP contribution in [0.5, 0.6) is 0 Å². The topological polar surface area (TPSA) is 35.5 Å². The van der Waals surface area contributed by atoms with Crippen molar-refractivity contribution in [3.8, 4) is 0 Å². The number of rotatable bonds is 7. The Balaban J connectivity index is 2.45. The molecule has 3 nitrogen and oxygen atoms in total. The van der Waals surface area contributed by atoms with E-state index in [-0.39, 0.29) is 0 Å².